The lowest BCUT2D eigenvalue weighted by atomic mass is 9.89. The molecule has 0 atom stereocenters. The van der Waals surface area contributed by atoms with E-state index in [1.54, 1.807) is 0 Å². The van der Waals surface area contributed by atoms with E-state index in [1.807, 2.05) is 6.07 Å². The van der Waals surface area contributed by atoms with Crippen LogP contribution in [-0.2, 0) is 0 Å². The van der Waals surface area contributed by atoms with Gasteiger partial charge < -0.3 is 4.42 Å². The van der Waals surface area contributed by atoms with Gasteiger partial charge in [0.05, 0.1) is 22.4 Å². The first-order valence-corrected chi connectivity index (χ1v) is 20.8. The van der Waals surface area contributed by atoms with Crippen LogP contribution in [0.1, 0.15) is 0 Å². The first-order chi connectivity index (χ1) is 30.2. The third-order valence-electron chi connectivity index (χ3n) is 12.6. The zero-order valence-corrected chi connectivity index (χ0v) is 32.9. The average molecular weight is 775 g/mol. The highest BCUT2D eigenvalue weighted by molar-refractivity contribution is 6.27. The number of rotatable bonds is 4. The number of pyridine rings is 2. The van der Waals surface area contributed by atoms with Gasteiger partial charge in [-0.05, 0) is 96.4 Å². The van der Waals surface area contributed by atoms with E-state index in [9.17, 15) is 0 Å². The van der Waals surface area contributed by atoms with Gasteiger partial charge in [-0.1, -0.05) is 170 Å². The Bertz CT molecular complexity index is 3900. The molecule has 0 amide bonds. The molecule has 3 aromatic heterocycles. The fraction of sp³-hybridized carbons (Fsp3) is 0. The van der Waals surface area contributed by atoms with Crippen LogP contribution in [0.4, 0.5) is 0 Å². The summed E-state index contributed by atoms with van der Waals surface area (Å²) in [6.07, 6.45) is 0. The molecule has 10 aromatic carbocycles. The van der Waals surface area contributed by atoms with Crippen molar-refractivity contribution in [2.24, 2.45) is 0 Å². The summed E-state index contributed by atoms with van der Waals surface area (Å²) in [5.41, 5.74) is 12.1. The Hall–Kier alpha value is -8.14. The van der Waals surface area contributed by atoms with Gasteiger partial charge in [-0.15, -0.1) is 0 Å². The molecular weight excluding hydrogens is 741 g/mol. The Balaban J connectivity index is 0.988. The molecule has 0 aliphatic carbocycles. The van der Waals surface area contributed by atoms with Crippen LogP contribution in [0.3, 0.4) is 0 Å². The zero-order valence-electron chi connectivity index (χ0n) is 32.9. The van der Waals surface area contributed by atoms with Gasteiger partial charge >= 0.3 is 0 Å². The molecule has 3 heterocycles. The SMILES string of the molecule is c1ccc(-c2ccc3ccc4ccc(-c5cccc(-c6cccc7oc8c9ccccc9c(-c9ccc%10c%11ccccc%11c%11ccccc%11c%10c9)cc8c67)c5)nc4c3n2)cc1. The molecular formula is C58H34N2O. The van der Waals surface area contributed by atoms with E-state index in [2.05, 4.69) is 200 Å². The molecule has 0 aliphatic rings. The second-order valence-corrected chi connectivity index (χ2v) is 16.0. The van der Waals surface area contributed by atoms with Crippen LogP contribution in [0, 0.1) is 0 Å². The van der Waals surface area contributed by atoms with Gasteiger partial charge in [0, 0.05) is 38.1 Å². The molecule has 282 valence electrons. The van der Waals surface area contributed by atoms with E-state index in [0.717, 1.165) is 82.8 Å². The first-order valence-electron chi connectivity index (χ1n) is 20.8. The van der Waals surface area contributed by atoms with E-state index in [0.29, 0.717) is 0 Å². The maximum absolute atomic E-state index is 6.82. The zero-order chi connectivity index (χ0) is 40.0. The number of furan rings is 1. The third-order valence-corrected chi connectivity index (χ3v) is 12.6. The topological polar surface area (TPSA) is 38.9 Å². The molecule has 0 N–H and O–H groups in total. The molecule has 61 heavy (non-hydrogen) atoms. The lowest BCUT2D eigenvalue weighted by molar-refractivity contribution is 0.673. The van der Waals surface area contributed by atoms with Gasteiger partial charge in [-0.25, -0.2) is 9.97 Å². The Morgan fingerprint density at radius 1 is 0.295 bits per heavy atom. The standard InChI is InChI=1S/C58H34N2O/c1-2-12-35(13-3-1)52-30-27-36-24-25-37-28-31-53(60-57(37)56(36)59-52)40-15-10-14-38(32-40)41-22-11-23-54-55(41)51-34-49(46-20-8-9-21-48(46)58(51)61-54)39-26-29-47-44-18-5-4-16-42(44)43-17-6-7-19-45(43)50(47)33-39/h1-34H. The monoisotopic (exact) mass is 774 g/mol. The summed E-state index contributed by atoms with van der Waals surface area (Å²) in [5, 5.41) is 14.2. The van der Waals surface area contributed by atoms with Crippen molar-refractivity contribution in [1.29, 1.82) is 0 Å². The van der Waals surface area contributed by atoms with Crippen molar-refractivity contribution in [3.63, 3.8) is 0 Å². The summed E-state index contributed by atoms with van der Waals surface area (Å²) < 4.78 is 6.82. The quantitative estimate of drug-likeness (QED) is 0.167. The Labute approximate surface area is 350 Å². The number of hydrogen-bond donors (Lipinski definition) is 0. The van der Waals surface area contributed by atoms with Crippen molar-refractivity contribution < 1.29 is 4.42 Å². The minimum Gasteiger partial charge on any atom is -0.455 e. The van der Waals surface area contributed by atoms with E-state index < -0.39 is 0 Å². The maximum atomic E-state index is 6.82. The third kappa shape index (κ3) is 5.24. The number of nitrogens with zero attached hydrogens (tertiary/aromatic N) is 2. The van der Waals surface area contributed by atoms with Gasteiger partial charge in [-0.3, -0.25) is 0 Å². The van der Waals surface area contributed by atoms with Crippen LogP contribution < -0.4 is 0 Å². The van der Waals surface area contributed by atoms with Gasteiger partial charge in [0.15, 0.2) is 0 Å². The smallest absolute Gasteiger partial charge is 0.143 e. The van der Waals surface area contributed by atoms with Crippen molar-refractivity contribution in [3.05, 3.63) is 206 Å². The fourth-order valence-electron chi connectivity index (χ4n) is 9.75. The predicted octanol–water partition coefficient (Wildman–Crippen LogP) is 16.0. The Morgan fingerprint density at radius 2 is 0.820 bits per heavy atom. The molecule has 0 aliphatic heterocycles. The summed E-state index contributed by atoms with van der Waals surface area (Å²) >= 11 is 0. The summed E-state index contributed by atoms with van der Waals surface area (Å²) in [5.74, 6) is 0. The van der Waals surface area contributed by atoms with Gasteiger partial charge in [0.25, 0.3) is 0 Å². The van der Waals surface area contributed by atoms with Crippen molar-refractivity contribution in [3.8, 4) is 44.8 Å². The number of hydrogen-bond acceptors (Lipinski definition) is 3. The Kier molecular flexibility index (Phi) is 7.31. The summed E-state index contributed by atoms with van der Waals surface area (Å²) in [4.78, 5) is 10.4. The first kappa shape index (κ1) is 33.8. The summed E-state index contributed by atoms with van der Waals surface area (Å²) in [7, 11) is 0. The maximum Gasteiger partial charge on any atom is 0.143 e. The lowest BCUT2D eigenvalue weighted by Crippen LogP contribution is -1.91. The highest BCUT2D eigenvalue weighted by atomic mass is 16.3. The summed E-state index contributed by atoms with van der Waals surface area (Å²) in [6.45, 7) is 0. The normalized spacial score (nSPS) is 11.9. The van der Waals surface area contributed by atoms with Crippen LogP contribution >= 0.6 is 0 Å². The van der Waals surface area contributed by atoms with E-state index in [1.165, 1.54) is 48.8 Å². The molecule has 0 spiro atoms. The highest BCUT2D eigenvalue weighted by Gasteiger charge is 2.19. The molecule has 13 rings (SSSR count). The molecule has 0 fully saturated rings. The van der Waals surface area contributed by atoms with Crippen LogP contribution in [0.15, 0.2) is 211 Å². The van der Waals surface area contributed by atoms with Crippen molar-refractivity contribution in [2.75, 3.05) is 0 Å². The molecule has 0 saturated carbocycles. The van der Waals surface area contributed by atoms with Crippen molar-refractivity contribution >= 4 is 86.8 Å². The number of benzene rings is 10. The van der Waals surface area contributed by atoms with E-state index in [4.69, 9.17) is 14.4 Å². The second-order valence-electron chi connectivity index (χ2n) is 16.0. The molecule has 3 heteroatoms. The number of aromatic nitrogens is 2. The van der Waals surface area contributed by atoms with Gasteiger partial charge in [-0.2, -0.15) is 0 Å². The van der Waals surface area contributed by atoms with E-state index in [-0.39, 0.29) is 0 Å². The molecule has 0 bridgehead atoms. The largest absolute Gasteiger partial charge is 0.455 e. The van der Waals surface area contributed by atoms with Crippen LogP contribution in [-0.4, -0.2) is 9.97 Å². The van der Waals surface area contributed by atoms with Crippen LogP contribution in [0.5, 0.6) is 0 Å². The molecule has 0 saturated heterocycles. The molecule has 3 nitrogen and oxygen atoms in total. The van der Waals surface area contributed by atoms with Crippen molar-refractivity contribution in [2.45, 2.75) is 0 Å². The minimum atomic E-state index is 0.867. The van der Waals surface area contributed by atoms with E-state index >= 15 is 0 Å². The average Bonchev–Trinajstić information content (AvgIpc) is 3.73. The van der Waals surface area contributed by atoms with Crippen LogP contribution in [0.2, 0.25) is 0 Å². The minimum absolute atomic E-state index is 0.867. The second kappa shape index (κ2) is 13.2. The Morgan fingerprint density at radius 3 is 1.52 bits per heavy atom. The van der Waals surface area contributed by atoms with Gasteiger partial charge in [0.1, 0.15) is 11.2 Å². The highest BCUT2D eigenvalue weighted by Crippen LogP contribution is 2.45. The lowest BCUT2D eigenvalue weighted by Gasteiger charge is -2.13. The molecule has 0 unspecified atom stereocenters. The predicted molar refractivity (Wildman–Crippen MR) is 256 cm³/mol. The van der Waals surface area contributed by atoms with Gasteiger partial charge in [0.2, 0.25) is 0 Å². The molecule has 13 aromatic rings. The number of fused-ring (bicyclic) bond motifs is 14. The van der Waals surface area contributed by atoms with Crippen molar-refractivity contribution in [1.82, 2.24) is 9.97 Å². The molecule has 0 radical (unpaired) electrons. The van der Waals surface area contributed by atoms with Crippen LogP contribution in [0.25, 0.3) is 132 Å². The fourth-order valence-corrected chi connectivity index (χ4v) is 9.75. The summed E-state index contributed by atoms with van der Waals surface area (Å²) in [6, 6.07) is 73.8.